The van der Waals surface area contributed by atoms with Crippen molar-refractivity contribution in [3.8, 4) is 0 Å². The van der Waals surface area contributed by atoms with Crippen LogP contribution in [0.3, 0.4) is 0 Å². The summed E-state index contributed by atoms with van der Waals surface area (Å²) in [5, 5.41) is 8.46. The van der Waals surface area contributed by atoms with Crippen LogP contribution in [0.5, 0.6) is 0 Å². The van der Waals surface area contributed by atoms with E-state index in [4.69, 9.17) is 4.74 Å². The van der Waals surface area contributed by atoms with E-state index in [0.717, 1.165) is 24.6 Å². The van der Waals surface area contributed by atoms with Crippen molar-refractivity contribution in [2.45, 2.75) is 83.0 Å². The maximum Gasteiger partial charge on any atom is 0.176 e. The number of hydrogen-bond donors (Lipinski definition) is 1. The average molecular weight is 316 g/mol. The lowest BCUT2D eigenvalue weighted by atomic mass is 9.80. The van der Waals surface area contributed by atoms with E-state index in [1.807, 2.05) is 0 Å². The molecule has 0 bridgehead atoms. The first-order chi connectivity index (χ1) is 11.3. The highest BCUT2D eigenvalue weighted by molar-refractivity contribution is 5.21. The van der Waals surface area contributed by atoms with Crippen molar-refractivity contribution in [2.24, 2.45) is 0 Å². The van der Waals surface area contributed by atoms with Crippen molar-refractivity contribution in [3.63, 3.8) is 0 Å². The zero-order chi connectivity index (χ0) is 15.6. The Morgan fingerprint density at radius 2 is 1.78 bits per heavy atom. The van der Waals surface area contributed by atoms with E-state index in [1.54, 1.807) is 18.3 Å². The zero-order valence-corrected chi connectivity index (χ0v) is 14.2. The first-order valence-corrected chi connectivity index (χ1v) is 9.19. The van der Waals surface area contributed by atoms with Crippen LogP contribution in [0.1, 0.15) is 63.0 Å². The highest BCUT2D eigenvalue weighted by Crippen LogP contribution is 2.36. The Labute approximate surface area is 138 Å². The molecule has 2 saturated carbocycles. The van der Waals surface area contributed by atoms with E-state index >= 15 is 0 Å². The third kappa shape index (κ3) is 3.36. The normalized spacial score (nSPS) is 27.7. The molecule has 5 heteroatoms. The van der Waals surface area contributed by atoms with Crippen LogP contribution in [-0.2, 0) is 24.3 Å². The lowest BCUT2D eigenvalue weighted by Crippen LogP contribution is -2.44. The van der Waals surface area contributed by atoms with Crippen molar-refractivity contribution < 1.29 is 4.74 Å². The van der Waals surface area contributed by atoms with E-state index in [-0.39, 0.29) is 0 Å². The van der Waals surface area contributed by atoms with Gasteiger partial charge in [-0.1, -0.05) is 11.1 Å². The molecule has 0 aromatic carbocycles. The Morgan fingerprint density at radius 1 is 1.04 bits per heavy atom. The van der Waals surface area contributed by atoms with Gasteiger partial charge in [-0.3, -0.25) is 0 Å². The first kappa shape index (κ1) is 15.3. The van der Waals surface area contributed by atoms with Crippen molar-refractivity contribution in [3.05, 3.63) is 22.8 Å². The molecular formula is C18H28N4O. The van der Waals surface area contributed by atoms with Crippen LogP contribution < -0.4 is 5.32 Å². The molecule has 0 saturated heterocycles. The predicted molar refractivity (Wildman–Crippen MR) is 89.1 cm³/mol. The lowest BCUT2D eigenvalue weighted by molar-refractivity contribution is 0.177. The summed E-state index contributed by atoms with van der Waals surface area (Å²) in [5.41, 5.74) is 3.58. The minimum atomic E-state index is 0.512. The molecule has 1 atom stereocenters. The van der Waals surface area contributed by atoms with Crippen molar-refractivity contribution in [1.29, 1.82) is 0 Å². The smallest absolute Gasteiger partial charge is 0.176 e. The molecule has 126 valence electrons. The second-order valence-corrected chi connectivity index (χ2v) is 7.30. The number of aryl methyl sites for hydroxylation is 1. The Hall–Kier alpha value is -1.20. The molecule has 0 amide bonds. The van der Waals surface area contributed by atoms with Crippen LogP contribution in [0.25, 0.3) is 0 Å². The minimum absolute atomic E-state index is 0.512. The largest absolute Gasteiger partial charge is 0.377 e. The van der Waals surface area contributed by atoms with Gasteiger partial charge in [0.2, 0.25) is 0 Å². The third-order valence-corrected chi connectivity index (χ3v) is 5.69. The molecule has 0 spiro atoms. The van der Waals surface area contributed by atoms with E-state index < -0.39 is 0 Å². The quantitative estimate of drug-likeness (QED) is 0.868. The second-order valence-electron chi connectivity index (χ2n) is 7.30. The molecule has 5 nitrogen and oxygen atoms in total. The molecule has 4 rings (SSSR count). The number of rotatable bonds is 4. The highest BCUT2D eigenvalue weighted by atomic mass is 16.5. The average Bonchev–Trinajstić information content (AvgIpc) is 2.89. The van der Waals surface area contributed by atoms with Crippen molar-refractivity contribution in [2.75, 3.05) is 7.11 Å². The second kappa shape index (κ2) is 6.73. The Kier molecular flexibility index (Phi) is 4.49. The van der Waals surface area contributed by atoms with Gasteiger partial charge in [-0.05, 0) is 51.4 Å². The minimum Gasteiger partial charge on any atom is -0.377 e. The van der Waals surface area contributed by atoms with Crippen molar-refractivity contribution >= 4 is 0 Å². The molecule has 1 aromatic rings. The number of methoxy groups -OCH3 is 1. The zero-order valence-electron chi connectivity index (χ0n) is 14.2. The molecule has 2 heterocycles. The molecule has 23 heavy (non-hydrogen) atoms. The summed E-state index contributed by atoms with van der Waals surface area (Å²) in [7, 11) is 1.70. The van der Waals surface area contributed by atoms with E-state index in [0.29, 0.717) is 18.7 Å². The number of ether oxygens (including phenoxy) is 1. The monoisotopic (exact) mass is 316 g/mol. The topological polar surface area (TPSA) is 52.0 Å². The summed E-state index contributed by atoms with van der Waals surface area (Å²) in [4.78, 5) is 4.56. The van der Waals surface area contributed by atoms with Gasteiger partial charge < -0.3 is 10.1 Å². The molecular weight excluding hydrogens is 288 g/mol. The number of nitrogens with zero attached hydrogens (tertiary/aromatic N) is 3. The summed E-state index contributed by atoms with van der Waals surface area (Å²) in [6.45, 7) is 1.47. The van der Waals surface area contributed by atoms with Gasteiger partial charge in [0.15, 0.2) is 5.82 Å². The van der Waals surface area contributed by atoms with Gasteiger partial charge in [0.25, 0.3) is 0 Å². The highest BCUT2D eigenvalue weighted by Gasteiger charge is 2.26. The Balaban J connectivity index is 1.30. The van der Waals surface area contributed by atoms with E-state index in [2.05, 4.69) is 20.1 Å². The van der Waals surface area contributed by atoms with Gasteiger partial charge in [-0.25, -0.2) is 9.67 Å². The van der Waals surface area contributed by atoms with Gasteiger partial charge in [-0.15, -0.1) is 0 Å². The molecule has 3 aliphatic rings. The van der Waals surface area contributed by atoms with Gasteiger partial charge in [0.1, 0.15) is 12.4 Å². The summed E-state index contributed by atoms with van der Waals surface area (Å²) in [5.74, 6) is 1.94. The number of fused-ring (bicyclic) bond motifs is 1. The Morgan fingerprint density at radius 3 is 2.48 bits per heavy atom. The van der Waals surface area contributed by atoms with Crippen LogP contribution in [0, 0.1) is 0 Å². The molecule has 0 unspecified atom stereocenters. The molecule has 0 radical (unpaired) electrons. The van der Waals surface area contributed by atoms with Gasteiger partial charge in [0.05, 0.1) is 6.54 Å². The lowest BCUT2D eigenvalue weighted by Gasteiger charge is -2.33. The number of nitrogens with one attached hydrogen (secondary N) is 1. The van der Waals surface area contributed by atoms with Gasteiger partial charge >= 0.3 is 0 Å². The Bertz CT molecular complexity index is 576. The SMILES string of the molecule is COCc1nc2n(n1)C[C@@H](NC1CCC(=C3CCC3)CC1)CC2. The van der Waals surface area contributed by atoms with Crippen LogP contribution in [-0.4, -0.2) is 34.0 Å². The first-order valence-electron chi connectivity index (χ1n) is 9.19. The molecule has 2 fully saturated rings. The number of aromatic nitrogens is 3. The van der Waals surface area contributed by atoms with Gasteiger partial charge in [-0.2, -0.15) is 5.10 Å². The summed E-state index contributed by atoms with van der Waals surface area (Å²) >= 11 is 0. The number of hydrogen-bond acceptors (Lipinski definition) is 4. The fraction of sp³-hybridized carbons (Fsp3) is 0.778. The maximum atomic E-state index is 5.14. The van der Waals surface area contributed by atoms with Gasteiger partial charge in [0, 0.05) is 25.6 Å². The van der Waals surface area contributed by atoms with E-state index in [1.165, 1.54) is 51.4 Å². The van der Waals surface area contributed by atoms with E-state index in [9.17, 15) is 0 Å². The number of allylic oxidation sites excluding steroid dienone is 2. The molecule has 1 aliphatic heterocycles. The summed E-state index contributed by atoms with van der Waals surface area (Å²) < 4.78 is 7.22. The predicted octanol–water partition coefficient (Wildman–Crippen LogP) is 2.75. The van der Waals surface area contributed by atoms with Crippen LogP contribution >= 0.6 is 0 Å². The van der Waals surface area contributed by atoms with Crippen molar-refractivity contribution in [1.82, 2.24) is 20.1 Å². The standard InChI is InChI=1S/C18H28N4O/c1-23-12-17-20-18-10-9-16(11-22(18)21-17)19-15-7-5-14(6-8-15)13-3-2-4-13/h15-16,19H,2-12H2,1H3/t16-/m0/s1. The molecule has 1 aromatic heterocycles. The molecule has 1 N–H and O–H groups in total. The third-order valence-electron chi connectivity index (χ3n) is 5.69. The van der Waals surface area contributed by atoms with Crippen LogP contribution in [0.15, 0.2) is 11.1 Å². The van der Waals surface area contributed by atoms with Crippen LogP contribution in [0.4, 0.5) is 0 Å². The van der Waals surface area contributed by atoms with Crippen LogP contribution in [0.2, 0.25) is 0 Å². The molecule has 2 aliphatic carbocycles. The summed E-state index contributed by atoms with van der Waals surface area (Å²) in [6, 6.07) is 1.23. The fourth-order valence-corrected chi connectivity index (χ4v) is 4.21. The summed E-state index contributed by atoms with van der Waals surface area (Å²) in [6.07, 6.45) is 11.7. The maximum absolute atomic E-state index is 5.14. The fourth-order valence-electron chi connectivity index (χ4n) is 4.21.